The first-order valence-electron chi connectivity index (χ1n) is 6.51. The molecule has 1 aromatic heterocycles. The minimum atomic E-state index is -0.264. The number of nitrogens with one attached hydrogen (secondary N) is 1. The molecule has 0 radical (unpaired) electrons. The van der Waals surface area contributed by atoms with E-state index in [1.807, 2.05) is 13.8 Å². The summed E-state index contributed by atoms with van der Waals surface area (Å²) in [7, 11) is 0. The van der Waals surface area contributed by atoms with Crippen LogP contribution in [0.2, 0.25) is 0 Å². The molecular formula is C13H20N2O2S. The Kier molecular flexibility index (Phi) is 4.22. The van der Waals surface area contributed by atoms with Crippen LogP contribution in [0.25, 0.3) is 0 Å². The molecule has 1 aromatic rings. The molecule has 0 amide bonds. The van der Waals surface area contributed by atoms with E-state index in [2.05, 4.69) is 17.2 Å². The van der Waals surface area contributed by atoms with Gasteiger partial charge in [0.1, 0.15) is 4.88 Å². The van der Waals surface area contributed by atoms with Crippen LogP contribution in [0.3, 0.4) is 0 Å². The molecule has 1 heterocycles. The zero-order valence-electron chi connectivity index (χ0n) is 11.2. The number of hydrogen-bond donors (Lipinski definition) is 1. The van der Waals surface area contributed by atoms with E-state index >= 15 is 0 Å². The van der Waals surface area contributed by atoms with Gasteiger partial charge in [-0.1, -0.05) is 18.3 Å². The second-order valence-corrected chi connectivity index (χ2v) is 5.91. The molecule has 4 nitrogen and oxygen atoms in total. The Morgan fingerprint density at radius 2 is 2.33 bits per heavy atom. The number of esters is 1. The predicted molar refractivity (Wildman–Crippen MR) is 73.2 cm³/mol. The molecule has 100 valence electrons. The number of aryl methyl sites for hydroxylation is 1. The smallest absolute Gasteiger partial charge is 0.350 e. The van der Waals surface area contributed by atoms with Gasteiger partial charge in [-0.15, -0.1) is 0 Å². The van der Waals surface area contributed by atoms with E-state index in [-0.39, 0.29) is 5.97 Å². The fraction of sp³-hybridized carbons (Fsp3) is 0.692. The summed E-state index contributed by atoms with van der Waals surface area (Å²) in [6, 6.07) is 0.501. The third-order valence-electron chi connectivity index (χ3n) is 3.28. The molecule has 0 aliphatic heterocycles. The Labute approximate surface area is 112 Å². The summed E-state index contributed by atoms with van der Waals surface area (Å²) in [5, 5.41) is 4.27. The van der Waals surface area contributed by atoms with Gasteiger partial charge in [-0.25, -0.2) is 9.78 Å². The quantitative estimate of drug-likeness (QED) is 0.852. The van der Waals surface area contributed by atoms with E-state index in [1.54, 1.807) is 0 Å². The van der Waals surface area contributed by atoms with E-state index in [9.17, 15) is 4.79 Å². The summed E-state index contributed by atoms with van der Waals surface area (Å²) in [6.45, 7) is 6.34. The van der Waals surface area contributed by atoms with Gasteiger partial charge in [0.15, 0.2) is 5.13 Å². The van der Waals surface area contributed by atoms with Gasteiger partial charge in [0.25, 0.3) is 0 Å². The van der Waals surface area contributed by atoms with Gasteiger partial charge in [-0.2, -0.15) is 0 Å². The molecule has 0 aromatic carbocycles. The minimum Gasteiger partial charge on any atom is -0.462 e. The van der Waals surface area contributed by atoms with Gasteiger partial charge >= 0.3 is 5.97 Å². The summed E-state index contributed by atoms with van der Waals surface area (Å²) in [6.07, 6.45) is 3.65. The Hall–Kier alpha value is -1.10. The molecule has 2 atom stereocenters. The van der Waals surface area contributed by atoms with Crippen molar-refractivity contribution in [2.45, 2.75) is 46.1 Å². The van der Waals surface area contributed by atoms with Gasteiger partial charge in [0.2, 0.25) is 0 Å². The molecule has 1 N–H and O–H groups in total. The number of rotatable bonds is 4. The lowest BCUT2D eigenvalue weighted by molar-refractivity contribution is 0.0531. The fourth-order valence-corrected chi connectivity index (χ4v) is 3.29. The van der Waals surface area contributed by atoms with Crippen molar-refractivity contribution in [3.63, 3.8) is 0 Å². The van der Waals surface area contributed by atoms with E-state index in [0.717, 1.165) is 16.7 Å². The number of anilines is 1. The Morgan fingerprint density at radius 1 is 1.56 bits per heavy atom. The molecule has 2 unspecified atom stereocenters. The Morgan fingerprint density at radius 3 is 2.94 bits per heavy atom. The molecule has 0 saturated heterocycles. The SMILES string of the molecule is CCOC(=O)c1sc(NC2CCC(C)C2)nc1C. The molecular weight excluding hydrogens is 248 g/mol. The molecule has 1 aliphatic rings. The maximum absolute atomic E-state index is 11.7. The van der Waals surface area contributed by atoms with E-state index in [4.69, 9.17) is 4.74 Å². The molecule has 1 fully saturated rings. The zero-order chi connectivity index (χ0) is 13.1. The first-order valence-corrected chi connectivity index (χ1v) is 7.33. The van der Waals surface area contributed by atoms with Crippen molar-refractivity contribution in [1.82, 2.24) is 4.98 Å². The molecule has 1 aliphatic carbocycles. The van der Waals surface area contributed by atoms with Crippen LogP contribution < -0.4 is 5.32 Å². The lowest BCUT2D eigenvalue weighted by Gasteiger charge is -2.10. The largest absolute Gasteiger partial charge is 0.462 e. The highest BCUT2D eigenvalue weighted by molar-refractivity contribution is 7.17. The van der Waals surface area contributed by atoms with Crippen LogP contribution in [0.1, 0.15) is 48.5 Å². The second-order valence-electron chi connectivity index (χ2n) is 4.91. The number of hydrogen-bond acceptors (Lipinski definition) is 5. The molecule has 1 saturated carbocycles. The van der Waals surface area contributed by atoms with Crippen LogP contribution in [0.15, 0.2) is 0 Å². The van der Waals surface area contributed by atoms with Crippen LogP contribution in [0.4, 0.5) is 5.13 Å². The van der Waals surface area contributed by atoms with Gasteiger partial charge < -0.3 is 10.1 Å². The Balaban J connectivity index is 2.02. The summed E-state index contributed by atoms with van der Waals surface area (Å²) in [5.41, 5.74) is 0.756. The maximum Gasteiger partial charge on any atom is 0.350 e. The summed E-state index contributed by atoms with van der Waals surface area (Å²) < 4.78 is 5.01. The topological polar surface area (TPSA) is 51.2 Å². The van der Waals surface area contributed by atoms with Gasteiger partial charge in [-0.05, 0) is 39.0 Å². The number of nitrogens with zero attached hydrogens (tertiary/aromatic N) is 1. The summed E-state index contributed by atoms with van der Waals surface area (Å²) in [4.78, 5) is 16.7. The van der Waals surface area contributed by atoms with E-state index in [1.165, 1.54) is 30.6 Å². The fourth-order valence-electron chi connectivity index (χ4n) is 2.36. The first-order chi connectivity index (χ1) is 8.60. The van der Waals surface area contributed by atoms with Crippen LogP contribution in [-0.4, -0.2) is 23.6 Å². The van der Waals surface area contributed by atoms with Crippen molar-refractivity contribution in [2.75, 3.05) is 11.9 Å². The highest BCUT2D eigenvalue weighted by Crippen LogP contribution is 2.30. The standard InChI is InChI=1S/C13H20N2O2S/c1-4-17-12(16)11-9(3)14-13(18-11)15-10-6-5-8(2)7-10/h8,10H,4-7H2,1-3H3,(H,14,15). The van der Waals surface area contributed by atoms with Crippen molar-refractivity contribution in [2.24, 2.45) is 5.92 Å². The van der Waals surface area contributed by atoms with Crippen molar-refractivity contribution < 1.29 is 9.53 Å². The predicted octanol–water partition coefficient (Wildman–Crippen LogP) is 3.23. The van der Waals surface area contributed by atoms with Crippen LogP contribution >= 0.6 is 11.3 Å². The molecule has 0 spiro atoms. The van der Waals surface area contributed by atoms with E-state index < -0.39 is 0 Å². The number of aromatic nitrogens is 1. The number of thiazole rings is 1. The van der Waals surface area contributed by atoms with Crippen molar-refractivity contribution in [1.29, 1.82) is 0 Å². The van der Waals surface area contributed by atoms with Crippen molar-refractivity contribution >= 4 is 22.4 Å². The summed E-state index contributed by atoms with van der Waals surface area (Å²) >= 11 is 1.40. The normalized spacial score (nSPS) is 23.1. The monoisotopic (exact) mass is 268 g/mol. The van der Waals surface area contributed by atoms with Crippen molar-refractivity contribution in [3.05, 3.63) is 10.6 Å². The molecule has 0 bridgehead atoms. The number of carbonyl (C=O) groups is 1. The summed E-state index contributed by atoms with van der Waals surface area (Å²) in [5.74, 6) is 0.522. The minimum absolute atomic E-state index is 0.264. The van der Waals surface area contributed by atoms with Crippen LogP contribution in [-0.2, 0) is 4.74 Å². The lowest BCUT2D eigenvalue weighted by atomic mass is 10.1. The van der Waals surface area contributed by atoms with E-state index in [0.29, 0.717) is 17.5 Å². The third kappa shape index (κ3) is 3.02. The molecule has 18 heavy (non-hydrogen) atoms. The second kappa shape index (κ2) is 5.69. The molecule has 5 heteroatoms. The van der Waals surface area contributed by atoms with Crippen LogP contribution in [0, 0.1) is 12.8 Å². The number of ether oxygens (including phenoxy) is 1. The number of carbonyl (C=O) groups excluding carboxylic acids is 1. The third-order valence-corrected chi connectivity index (χ3v) is 4.35. The van der Waals surface area contributed by atoms with Crippen LogP contribution in [0.5, 0.6) is 0 Å². The molecule has 2 rings (SSSR count). The highest BCUT2D eigenvalue weighted by atomic mass is 32.1. The maximum atomic E-state index is 11.7. The average Bonchev–Trinajstić information content (AvgIpc) is 2.86. The highest BCUT2D eigenvalue weighted by Gasteiger charge is 2.23. The Bertz CT molecular complexity index is 431. The zero-order valence-corrected chi connectivity index (χ0v) is 12.0. The van der Waals surface area contributed by atoms with Gasteiger partial charge in [-0.3, -0.25) is 0 Å². The van der Waals surface area contributed by atoms with Gasteiger partial charge in [0.05, 0.1) is 12.3 Å². The lowest BCUT2D eigenvalue weighted by Crippen LogP contribution is -2.14. The van der Waals surface area contributed by atoms with Gasteiger partial charge in [0, 0.05) is 6.04 Å². The average molecular weight is 268 g/mol. The van der Waals surface area contributed by atoms with Crippen molar-refractivity contribution in [3.8, 4) is 0 Å². The first kappa shape index (κ1) is 13.3.